The summed E-state index contributed by atoms with van der Waals surface area (Å²) in [7, 11) is 1.56. The number of amides is 1. The number of carbonyl (C=O) groups is 5. The van der Waals surface area contributed by atoms with Crippen LogP contribution in [0.4, 0.5) is 0 Å². The molecule has 4 N–H and O–H groups in total. The van der Waals surface area contributed by atoms with Gasteiger partial charge in [0.25, 0.3) is 5.91 Å². The van der Waals surface area contributed by atoms with Crippen LogP contribution in [0.1, 0.15) is 129 Å². The molecule has 10 heteroatoms. The highest BCUT2D eigenvalue weighted by Crippen LogP contribution is 2.70. The predicted molar refractivity (Wildman–Crippen MR) is 221 cm³/mol. The smallest absolute Gasteiger partial charge is 0.306 e. The van der Waals surface area contributed by atoms with Crippen LogP contribution in [-0.4, -0.2) is 59.8 Å². The van der Waals surface area contributed by atoms with Gasteiger partial charge in [-0.3, -0.25) is 29.3 Å². The Hall–Kier alpha value is -2.88. The lowest BCUT2D eigenvalue weighted by atomic mass is 9.39. The fraction of sp³-hybridized carbons (Fsp3) is 0.723. The van der Waals surface area contributed by atoms with Crippen LogP contribution in [0.25, 0.3) is 0 Å². The third-order valence-electron chi connectivity index (χ3n) is 16.7. The zero-order valence-electron chi connectivity index (χ0n) is 35.2. The number of halogens is 1. The minimum atomic E-state index is -1.23. The number of hydrogen-bond acceptors (Lipinski definition) is 7. The third-order valence-corrected chi connectivity index (χ3v) is 17.0. The van der Waals surface area contributed by atoms with Gasteiger partial charge in [-0.15, -0.1) is 0 Å². The summed E-state index contributed by atoms with van der Waals surface area (Å²) >= 11 is 5.55. The van der Waals surface area contributed by atoms with Gasteiger partial charge < -0.3 is 15.5 Å². The molecule has 6 aliphatic carbocycles. The summed E-state index contributed by atoms with van der Waals surface area (Å²) in [6.45, 7) is 14.2. The molecule has 0 saturated heterocycles. The second-order valence-electron chi connectivity index (χ2n) is 19.9. The average Bonchev–Trinajstić information content (AvgIpc) is 3.47. The predicted octanol–water partition coefficient (Wildman–Crippen LogP) is 8.32. The maximum absolute atomic E-state index is 13.7. The van der Waals surface area contributed by atoms with Crippen molar-refractivity contribution in [3.8, 4) is 0 Å². The monoisotopic (exact) mass is 806 g/mol. The number of carboxylic acid groups (broad SMARTS) is 1. The van der Waals surface area contributed by atoms with Crippen molar-refractivity contribution < 1.29 is 34.2 Å². The Bertz CT molecular complexity index is 1740. The van der Waals surface area contributed by atoms with Crippen molar-refractivity contribution in [1.82, 2.24) is 10.6 Å². The lowest BCUT2D eigenvalue weighted by molar-refractivity contribution is -0.162. The van der Waals surface area contributed by atoms with Crippen molar-refractivity contribution in [3.63, 3.8) is 0 Å². The maximum Gasteiger partial charge on any atom is 0.306 e. The summed E-state index contributed by atoms with van der Waals surface area (Å²) in [4.78, 5) is 61.1. The Morgan fingerprint density at radius 1 is 0.965 bits per heavy atom. The first-order valence-corrected chi connectivity index (χ1v) is 22.1. The van der Waals surface area contributed by atoms with Gasteiger partial charge in [0.05, 0.1) is 5.92 Å². The van der Waals surface area contributed by atoms with Gasteiger partial charge in [-0.05, 0) is 147 Å². The summed E-state index contributed by atoms with van der Waals surface area (Å²) in [5, 5.41) is 25.5. The van der Waals surface area contributed by atoms with Gasteiger partial charge in [-0.25, -0.2) is 0 Å². The number of aliphatic carboxylic acids is 1. The van der Waals surface area contributed by atoms with E-state index in [0.717, 1.165) is 50.4 Å². The number of allylic oxidation sites excluding steroid dienone is 2. The van der Waals surface area contributed by atoms with Crippen LogP contribution >= 0.6 is 11.6 Å². The number of fused-ring (bicyclic) bond motifs is 7. The van der Waals surface area contributed by atoms with Gasteiger partial charge in [0.15, 0.2) is 12.0 Å². The van der Waals surface area contributed by atoms with Gasteiger partial charge in [-0.1, -0.05) is 70.8 Å². The topological polar surface area (TPSA) is 150 Å². The molecule has 7 rings (SSSR count). The van der Waals surface area contributed by atoms with Crippen LogP contribution in [0.15, 0.2) is 35.4 Å². The summed E-state index contributed by atoms with van der Waals surface area (Å²) in [6, 6.07) is 6.72. The van der Waals surface area contributed by atoms with Crippen molar-refractivity contribution in [2.75, 3.05) is 13.6 Å². The molecular formula is C47H67ClN2O7. The summed E-state index contributed by atoms with van der Waals surface area (Å²) in [6.07, 6.45) is 11.1. The molecule has 0 bridgehead atoms. The highest BCUT2D eigenvalue weighted by molar-refractivity contribution is 6.30. The number of aliphatic hydroxyl groups excluding tert-OH is 1. The minimum Gasteiger partial charge on any atom is -0.481 e. The number of aliphatic hydroxyl groups is 1. The molecule has 12 unspecified atom stereocenters. The number of benzene rings is 1. The Balaban J connectivity index is 0.000000538. The van der Waals surface area contributed by atoms with Gasteiger partial charge in [0.2, 0.25) is 0 Å². The standard InChI is InChI=1S/C40H62N2O6.C7H5ClO/c1-21(2)33-31(44)20-40(16-17-42-36(46)35(45)41-7)15-13-24-25-9-11-32-38(4,5)23(18-30(43)27-19-28(22(27)3)37(47)48)12-14-39(32,6)29(25)10-8-26(24)34(33)40;8-7-3-1-6(5-9)2-4-7/h21-29,32,35,41,45H,8-20H2,1-7H3,(H,42,46)(H,47,48);1-5H. The molecule has 0 heterocycles. The van der Waals surface area contributed by atoms with Gasteiger partial charge in [-0.2, -0.15) is 0 Å². The Morgan fingerprint density at radius 2 is 1.67 bits per heavy atom. The molecule has 0 radical (unpaired) electrons. The van der Waals surface area contributed by atoms with E-state index >= 15 is 0 Å². The first-order valence-electron chi connectivity index (χ1n) is 21.8. The SMILES string of the molecule is CNC(O)C(=O)NCCC12CCC3C(CCC4C3CCC3C(C)(C)C(CC(=O)C5CC(C(=O)O)C5C)CCC43C)C1=C(C(C)C)C(=O)C2.O=Cc1ccc(Cl)cc1. The van der Waals surface area contributed by atoms with Crippen LogP contribution in [-0.2, 0) is 19.2 Å². The molecule has 9 nitrogen and oxygen atoms in total. The van der Waals surface area contributed by atoms with E-state index in [1.165, 1.54) is 24.8 Å². The van der Waals surface area contributed by atoms with E-state index in [1.54, 1.807) is 31.3 Å². The Kier molecular flexibility index (Phi) is 13.0. The normalized spacial score (nSPS) is 36.9. The van der Waals surface area contributed by atoms with Gasteiger partial charge in [0, 0.05) is 41.3 Å². The molecule has 1 aromatic rings. The minimum absolute atomic E-state index is 0.0571. The van der Waals surface area contributed by atoms with E-state index in [1.807, 2.05) is 6.92 Å². The number of nitrogens with one attached hydrogen (secondary N) is 2. The molecule has 0 aromatic heterocycles. The number of carboxylic acids is 1. The average molecular weight is 808 g/mol. The highest BCUT2D eigenvalue weighted by Gasteiger charge is 2.63. The number of hydrogen-bond donors (Lipinski definition) is 4. The molecule has 5 fully saturated rings. The van der Waals surface area contributed by atoms with E-state index in [4.69, 9.17) is 11.6 Å². The van der Waals surface area contributed by atoms with Crippen molar-refractivity contribution in [1.29, 1.82) is 0 Å². The van der Waals surface area contributed by atoms with Crippen LogP contribution in [0.3, 0.4) is 0 Å². The summed E-state index contributed by atoms with van der Waals surface area (Å²) in [5.41, 5.74) is 3.28. The Morgan fingerprint density at radius 3 is 2.28 bits per heavy atom. The van der Waals surface area contributed by atoms with Crippen LogP contribution in [0.2, 0.25) is 5.02 Å². The van der Waals surface area contributed by atoms with E-state index in [-0.39, 0.29) is 39.9 Å². The largest absolute Gasteiger partial charge is 0.481 e. The zero-order valence-corrected chi connectivity index (χ0v) is 36.0. The number of ketones is 2. The molecule has 1 amide bonds. The van der Waals surface area contributed by atoms with Crippen molar-refractivity contribution in [3.05, 3.63) is 46.0 Å². The molecule has 5 saturated carbocycles. The molecule has 1 aromatic carbocycles. The van der Waals surface area contributed by atoms with Crippen LogP contribution in [0.5, 0.6) is 0 Å². The molecule has 12 atom stereocenters. The summed E-state index contributed by atoms with van der Waals surface area (Å²) in [5.74, 6) is 2.34. The second-order valence-corrected chi connectivity index (χ2v) is 20.4. The van der Waals surface area contributed by atoms with E-state index < -0.39 is 18.1 Å². The summed E-state index contributed by atoms with van der Waals surface area (Å²) < 4.78 is 0. The fourth-order valence-electron chi connectivity index (χ4n) is 13.7. The van der Waals surface area contributed by atoms with Crippen molar-refractivity contribution in [2.24, 2.45) is 75.4 Å². The first kappa shape index (κ1) is 43.7. The number of carbonyl (C=O) groups excluding carboxylic acids is 4. The number of Topliss-reactive ketones (excluding diaryl/α,β-unsaturated/α-hetero) is 2. The first-order chi connectivity index (χ1) is 26.9. The molecule has 0 spiro atoms. The molecule has 0 aliphatic heterocycles. The van der Waals surface area contributed by atoms with Crippen LogP contribution < -0.4 is 10.6 Å². The van der Waals surface area contributed by atoms with Crippen molar-refractivity contribution >= 4 is 41.3 Å². The second kappa shape index (κ2) is 17.0. The quantitative estimate of drug-likeness (QED) is 0.129. The molecule has 314 valence electrons. The fourth-order valence-corrected chi connectivity index (χ4v) is 13.9. The molecular weight excluding hydrogens is 740 g/mol. The van der Waals surface area contributed by atoms with E-state index in [0.29, 0.717) is 83.5 Å². The van der Waals surface area contributed by atoms with Crippen molar-refractivity contribution in [2.45, 2.75) is 125 Å². The lowest BCUT2D eigenvalue weighted by Gasteiger charge is -2.65. The number of aldehydes is 1. The van der Waals surface area contributed by atoms with Crippen LogP contribution in [0, 0.1) is 75.4 Å². The van der Waals surface area contributed by atoms with Gasteiger partial charge in [0.1, 0.15) is 12.1 Å². The van der Waals surface area contributed by atoms with E-state index in [2.05, 4.69) is 45.3 Å². The molecule has 57 heavy (non-hydrogen) atoms. The zero-order chi connectivity index (χ0) is 41.6. The van der Waals surface area contributed by atoms with Gasteiger partial charge >= 0.3 is 5.97 Å². The highest BCUT2D eigenvalue weighted by atomic mass is 35.5. The lowest BCUT2D eigenvalue weighted by Crippen LogP contribution is -2.58. The molecule has 6 aliphatic rings. The number of likely N-dealkylation sites (N-methyl/N-ethyl adjacent to an activating group) is 1. The third kappa shape index (κ3) is 8.07. The maximum atomic E-state index is 13.7. The number of rotatable bonds is 11. The van der Waals surface area contributed by atoms with E-state index in [9.17, 15) is 34.2 Å². The Labute approximate surface area is 344 Å².